The zero-order chi connectivity index (χ0) is 14.5. The smallest absolute Gasteiger partial charge is 0.217 e. The summed E-state index contributed by atoms with van der Waals surface area (Å²) in [4.78, 5) is 13.6. The molecule has 0 spiro atoms. The average Bonchev–Trinajstić information content (AvgIpc) is 2.94. The molecule has 1 aliphatic rings. The molecule has 1 amide bonds. The van der Waals surface area contributed by atoms with Gasteiger partial charge in [0.25, 0.3) is 0 Å². The third-order valence-corrected chi connectivity index (χ3v) is 4.79. The van der Waals surface area contributed by atoms with Crippen LogP contribution in [0, 0.1) is 0 Å². The second-order valence-corrected chi connectivity index (χ2v) is 6.36. The minimum Gasteiger partial charge on any atom is -0.354 e. The Hall–Kier alpha value is -0.910. The van der Waals surface area contributed by atoms with Gasteiger partial charge in [0.1, 0.15) is 0 Å². The molecule has 1 saturated heterocycles. The number of likely N-dealkylation sites (tertiary alicyclic amines) is 1. The van der Waals surface area contributed by atoms with Crippen molar-refractivity contribution in [2.24, 2.45) is 5.73 Å². The predicted octanol–water partition coefficient (Wildman–Crippen LogP) is 2.13. The number of nitrogens with zero attached hydrogens (tertiary/aromatic N) is 1. The molecule has 0 radical (unpaired) electrons. The van der Waals surface area contributed by atoms with Gasteiger partial charge in [-0.25, -0.2) is 0 Å². The number of hydrogen-bond acceptors (Lipinski definition) is 4. The van der Waals surface area contributed by atoms with Gasteiger partial charge < -0.3 is 11.1 Å². The summed E-state index contributed by atoms with van der Waals surface area (Å²) >= 11 is 1.73. The van der Waals surface area contributed by atoms with E-state index in [1.807, 2.05) is 0 Å². The first-order valence-electron chi connectivity index (χ1n) is 7.40. The number of amides is 1. The standard InChI is InChI=1S/C15H25N3OS/c1-3-14(16)15(12-6-9-20-10-12)18-7-4-13(5-8-18)17-11(2)19/h6,9-10,13-15H,3-5,7-8,16H2,1-2H3,(H,17,19). The van der Waals surface area contributed by atoms with Crippen LogP contribution in [0.3, 0.4) is 0 Å². The van der Waals surface area contributed by atoms with Crippen molar-refractivity contribution < 1.29 is 4.79 Å². The first-order chi connectivity index (χ1) is 9.61. The van der Waals surface area contributed by atoms with Gasteiger partial charge in [0.05, 0.1) is 6.04 Å². The molecule has 2 unspecified atom stereocenters. The van der Waals surface area contributed by atoms with E-state index < -0.39 is 0 Å². The monoisotopic (exact) mass is 295 g/mol. The highest BCUT2D eigenvalue weighted by Gasteiger charge is 2.29. The molecule has 1 aromatic heterocycles. The number of carbonyl (C=O) groups is 1. The molecular weight excluding hydrogens is 270 g/mol. The maximum atomic E-state index is 11.1. The van der Waals surface area contributed by atoms with Crippen molar-refractivity contribution in [1.29, 1.82) is 0 Å². The molecule has 5 heteroatoms. The second kappa shape index (κ2) is 7.20. The van der Waals surface area contributed by atoms with Crippen LogP contribution in [0.15, 0.2) is 16.8 Å². The van der Waals surface area contributed by atoms with Gasteiger partial charge in [0, 0.05) is 32.1 Å². The van der Waals surface area contributed by atoms with Crippen molar-refractivity contribution >= 4 is 17.2 Å². The van der Waals surface area contributed by atoms with Crippen molar-refractivity contribution in [2.75, 3.05) is 13.1 Å². The highest BCUT2D eigenvalue weighted by molar-refractivity contribution is 7.07. The molecule has 4 nitrogen and oxygen atoms in total. The van der Waals surface area contributed by atoms with Crippen LogP contribution < -0.4 is 11.1 Å². The number of nitrogens with one attached hydrogen (secondary N) is 1. The Balaban J connectivity index is 2.00. The van der Waals surface area contributed by atoms with Gasteiger partial charge in [-0.1, -0.05) is 6.92 Å². The van der Waals surface area contributed by atoms with Crippen molar-refractivity contribution in [2.45, 2.75) is 51.2 Å². The van der Waals surface area contributed by atoms with E-state index in [0.717, 1.165) is 32.4 Å². The Bertz CT molecular complexity index is 413. The van der Waals surface area contributed by atoms with Gasteiger partial charge in [0.2, 0.25) is 5.91 Å². The molecule has 2 heterocycles. The summed E-state index contributed by atoms with van der Waals surface area (Å²) in [5.41, 5.74) is 7.68. The normalized spacial score (nSPS) is 20.6. The zero-order valence-corrected chi connectivity index (χ0v) is 13.2. The summed E-state index contributed by atoms with van der Waals surface area (Å²) < 4.78 is 0. The van der Waals surface area contributed by atoms with E-state index >= 15 is 0 Å². The largest absolute Gasteiger partial charge is 0.354 e. The second-order valence-electron chi connectivity index (χ2n) is 5.58. The third-order valence-electron chi connectivity index (χ3n) is 4.09. The van der Waals surface area contributed by atoms with Crippen molar-refractivity contribution in [3.63, 3.8) is 0 Å². The van der Waals surface area contributed by atoms with Crippen LogP contribution >= 0.6 is 11.3 Å². The molecule has 1 fully saturated rings. The molecule has 0 aliphatic carbocycles. The van der Waals surface area contributed by atoms with Crippen molar-refractivity contribution in [3.8, 4) is 0 Å². The highest BCUT2D eigenvalue weighted by atomic mass is 32.1. The lowest BCUT2D eigenvalue weighted by atomic mass is 9.95. The number of thiophene rings is 1. The highest BCUT2D eigenvalue weighted by Crippen LogP contribution is 2.29. The Labute approximate surface area is 125 Å². The molecule has 1 aliphatic heterocycles. The lowest BCUT2D eigenvalue weighted by Crippen LogP contribution is -2.48. The predicted molar refractivity (Wildman–Crippen MR) is 83.7 cm³/mol. The van der Waals surface area contributed by atoms with Crippen LogP contribution in [-0.2, 0) is 4.79 Å². The van der Waals surface area contributed by atoms with E-state index in [1.54, 1.807) is 18.3 Å². The fourth-order valence-electron chi connectivity index (χ4n) is 3.00. The topological polar surface area (TPSA) is 58.4 Å². The van der Waals surface area contributed by atoms with Crippen LogP contribution in [0.2, 0.25) is 0 Å². The minimum absolute atomic E-state index is 0.0723. The van der Waals surface area contributed by atoms with Gasteiger partial charge in [0.15, 0.2) is 0 Å². The quantitative estimate of drug-likeness (QED) is 0.875. The molecule has 3 N–H and O–H groups in total. The maximum Gasteiger partial charge on any atom is 0.217 e. The lowest BCUT2D eigenvalue weighted by molar-refractivity contribution is -0.120. The SMILES string of the molecule is CCC(N)C(c1ccsc1)N1CCC(NC(C)=O)CC1. The van der Waals surface area contributed by atoms with Crippen LogP contribution in [0.4, 0.5) is 0 Å². The van der Waals surface area contributed by atoms with Crippen molar-refractivity contribution in [1.82, 2.24) is 10.2 Å². The molecule has 1 aromatic rings. The molecule has 0 bridgehead atoms. The van der Waals surface area contributed by atoms with E-state index in [0.29, 0.717) is 12.1 Å². The summed E-state index contributed by atoms with van der Waals surface area (Å²) in [5, 5.41) is 7.35. The van der Waals surface area contributed by atoms with E-state index in [-0.39, 0.29) is 11.9 Å². The average molecular weight is 295 g/mol. The molecule has 20 heavy (non-hydrogen) atoms. The van der Waals surface area contributed by atoms with Crippen LogP contribution in [-0.4, -0.2) is 36.0 Å². The van der Waals surface area contributed by atoms with Gasteiger partial charge in [-0.3, -0.25) is 9.69 Å². The van der Waals surface area contributed by atoms with E-state index in [4.69, 9.17) is 5.73 Å². The van der Waals surface area contributed by atoms with Gasteiger partial charge in [-0.05, 0) is 41.7 Å². The number of carbonyl (C=O) groups excluding carboxylic acids is 1. The van der Waals surface area contributed by atoms with Crippen molar-refractivity contribution in [3.05, 3.63) is 22.4 Å². The van der Waals surface area contributed by atoms with Gasteiger partial charge in [-0.2, -0.15) is 11.3 Å². The Morgan fingerprint density at radius 2 is 2.25 bits per heavy atom. The number of hydrogen-bond donors (Lipinski definition) is 2. The van der Waals surface area contributed by atoms with E-state index in [2.05, 4.69) is 34.0 Å². The molecule has 112 valence electrons. The molecule has 2 atom stereocenters. The first-order valence-corrected chi connectivity index (χ1v) is 8.35. The van der Waals surface area contributed by atoms with E-state index in [9.17, 15) is 4.79 Å². The summed E-state index contributed by atoms with van der Waals surface area (Å²) in [6.45, 7) is 5.74. The number of piperidine rings is 1. The van der Waals surface area contributed by atoms with Crippen LogP contribution in [0.25, 0.3) is 0 Å². The van der Waals surface area contributed by atoms with Crippen LogP contribution in [0.1, 0.15) is 44.7 Å². The van der Waals surface area contributed by atoms with Gasteiger partial charge in [-0.15, -0.1) is 0 Å². The summed E-state index contributed by atoms with van der Waals surface area (Å²) in [7, 11) is 0. The summed E-state index contributed by atoms with van der Waals surface area (Å²) in [5.74, 6) is 0.0723. The zero-order valence-electron chi connectivity index (χ0n) is 12.3. The lowest BCUT2D eigenvalue weighted by Gasteiger charge is -2.40. The first kappa shape index (κ1) is 15.5. The van der Waals surface area contributed by atoms with Gasteiger partial charge >= 0.3 is 0 Å². The molecule has 0 aromatic carbocycles. The van der Waals surface area contributed by atoms with E-state index in [1.165, 1.54) is 5.56 Å². The fraction of sp³-hybridized carbons (Fsp3) is 0.667. The number of nitrogens with two attached hydrogens (primary N) is 1. The summed E-state index contributed by atoms with van der Waals surface area (Å²) in [6, 6.07) is 2.99. The minimum atomic E-state index is 0.0723. The third kappa shape index (κ3) is 3.81. The Morgan fingerprint density at radius 1 is 1.55 bits per heavy atom. The molecule has 2 rings (SSSR count). The Morgan fingerprint density at radius 3 is 2.75 bits per heavy atom. The molecule has 0 saturated carbocycles. The fourth-order valence-corrected chi connectivity index (χ4v) is 3.69. The maximum absolute atomic E-state index is 11.1. The molecular formula is C15H25N3OS. The van der Waals surface area contributed by atoms with Crippen LogP contribution in [0.5, 0.6) is 0 Å². The number of rotatable bonds is 5. The summed E-state index contributed by atoms with van der Waals surface area (Å²) in [6.07, 6.45) is 3.00. The Kier molecular flexibility index (Phi) is 5.57.